The summed E-state index contributed by atoms with van der Waals surface area (Å²) < 4.78 is 0. The van der Waals surface area contributed by atoms with E-state index in [0.717, 1.165) is 24.5 Å². The van der Waals surface area contributed by atoms with Gasteiger partial charge in [0.15, 0.2) is 0 Å². The van der Waals surface area contributed by atoms with Crippen molar-refractivity contribution in [2.24, 2.45) is 0 Å². The third-order valence-electron chi connectivity index (χ3n) is 3.45. The average molecular weight is 268 g/mol. The number of nitrogens with one attached hydrogen (secondary N) is 1. The van der Waals surface area contributed by atoms with Crippen LogP contribution in [-0.4, -0.2) is 40.4 Å². The van der Waals surface area contributed by atoms with Crippen LogP contribution in [0.2, 0.25) is 0 Å². The number of likely N-dealkylation sites (tertiary alicyclic amines) is 1. The first-order valence-corrected chi connectivity index (χ1v) is 6.65. The fourth-order valence-electron chi connectivity index (χ4n) is 2.24. The van der Waals surface area contributed by atoms with Gasteiger partial charge in [0.1, 0.15) is 0 Å². The predicted molar refractivity (Wildman–Crippen MR) is 76.3 cm³/mol. The second-order valence-electron chi connectivity index (χ2n) is 4.85. The van der Waals surface area contributed by atoms with Crippen molar-refractivity contribution in [2.75, 3.05) is 25.0 Å². The molecule has 1 amide bonds. The molecule has 0 atom stereocenters. The fraction of sp³-hybridized carbons (Fsp3) is 0.267. The molecule has 102 valence electrons. The van der Waals surface area contributed by atoms with Crippen molar-refractivity contribution in [3.63, 3.8) is 0 Å². The van der Waals surface area contributed by atoms with Crippen LogP contribution < -0.4 is 5.32 Å². The highest BCUT2D eigenvalue weighted by atomic mass is 16.2. The Morgan fingerprint density at radius 2 is 2.15 bits per heavy atom. The molecule has 0 aromatic carbocycles. The first-order chi connectivity index (χ1) is 9.83. The van der Waals surface area contributed by atoms with Gasteiger partial charge in [-0.3, -0.25) is 14.8 Å². The summed E-state index contributed by atoms with van der Waals surface area (Å²) in [6, 6.07) is 9.64. The van der Waals surface area contributed by atoms with E-state index in [1.807, 2.05) is 35.2 Å². The molecule has 5 nitrogen and oxygen atoms in total. The van der Waals surface area contributed by atoms with Crippen LogP contribution in [0.15, 0.2) is 48.9 Å². The standard InChI is InChI=1S/C15H16N4O/c20-15(9-18-13-4-3-6-16-8-13)19-10-12(11-19)14-5-1-2-7-17-14/h1-8,12,18H,9-11H2. The number of anilines is 1. The molecule has 0 spiro atoms. The first kappa shape index (κ1) is 12.6. The van der Waals surface area contributed by atoms with Gasteiger partial charge in [-0.05, 0) is 24.3 Å². The minimum absolute atomic E-state index is 0.112. The number of rotatable bonds is 4. The van der Waals surface area contributed by atoms with Gasteiger partial charge in [0, 0.05) is 43.3 Å². The van der Waals surface area contributed by atoms with Crippen molar-refractivity contribution in [3.05, 3.63) is 54.6 Å². The Morgan fingerprint density at radius 3 is 2.85 bits per heavy atom. The van der Waals surface area contributed by atoms with Crippen LogP contribution in [0.25, 0.3) is 0 Å². The maximum Gasteiger partial charge on any atom is 0.241 e. The van der Waals surface area contributed by atoms with Gasteiger partial charge in [0.2, 0.25) is 5.91 Å². The smallest absolute Gasteiger partial charge is 0.241 e. The largest absolute Gasteiger partial charge is 0.375 e. The van der Waals surface area contributed by atoms with Crippen molar-refractivity contribution < 1.29 is 4.79 Å². The summed E-state index contributed by atoms with van der Waals surface area (Å²) in [6.45, 7) is 1.82. The lowest BCUT2D eigenvalue weighted by atomic mass is 9.95. The number of amides is 1. The third-order valence-corrected chi connectivity index (χ3v) is 3.45. The molecule has 3 heterocycles. The molecule has 0 unspecified atom stereocenters. The van der Waals surface area contributed by atoms with E-state index in [-0.39, 0.29) is 5.91 Å². The molecule has 2 aromatic rings. The Hall–Kier alpha value is -2.43. The van der Waals surface area contributed by atoms with Gasteiger partial charge >= 0.3 is 0 Å². The van der Waals surface area contributed by atoms with E-state index in [1.54, 1.807) is 18.6 Å². The summed E-state index contributed by atoms with van der Waals surface area (Å²) in [5.41, 5.74) is 1.93. The van der Waals surface area contributed by atoms with E-state index >= 15 is 0 Å². The predicted octanol–water partition coefficient (Wildman–Crippen LogP) is 1.51. The number of pyridine rings is 2. The Morgan fingerprint density at radius 1 is 1.25 bits per heavy atom. The van der Waals surface area contributed by atoms with E-state index < -0.39 is 0 Å². The van der Waals surface area contributed by atoms with Crippen LogP contribution in [-0.2, 0) is 4.79 Å². The van der Waals surface area contributed by atoms with Crippen molar-refractivity contribution in [1.82, 2.24) is 14.9 Å². The molecule has 2 aromatic heterocycles. The van der Waals surface area contributed by atoms with Gasteiger partial charge < -0.3 is 10.2 Å². The Kier molecular flexibility index (Phi) is 3.58. The van der Waals surface area contributed by atoms with Crippen molar-refractivity contribution >= 4 is 11.6 Å². The molecule has 3 rings (SSSR count). The molecule has 20 heavy (non-hydrogen) atoms. The molecule has 0 radical (unpaired) electrons. The topological polar surface area (TPSA) is 58.1 Å². The molecule has 0 aliphatic carbocycles. The normalized spacial score (nSPS) is 14.7. The van der Waals surface area contributed by atoms with Crippen molar-refractivity contribution in [2.45, 2.75) is 5.92 Å². The number of carbonyl (C=O) groups excluding carboxylic acids is 1. The fourth-order valence-corrected chi connectivity index (χ4v) is 2.24. The zero-order valence-electron chi connectivity index (χ0n) is 11.1. The monoisotopic (exact) mass is 268 g/mol. The minimum Gasteiger partial charge on any atom is -0.375 e. The number of aromatic nitrogens is 2. The van der Waals surface area contributed by atoms with Gasteiger partial charge in [-0.15, -0.1) is 0 Å². The molecule has 0 bridgehead atoms. The van der Waals surface area contributed by atoms with Crippen LogP contribution in [0.4, 0.5) is 5.69 Å². The number of nitrogens with zero attached hydrogens (tertiary/aromatic N) is 3. The Bertz CT molecular complexity index is 567. The zero-order valence-corrected chi connectivity index (χ0v) is 11.1. The summed E-state index contributed by atoms with van der Waals surface area (Å²) in [5, 5.41) is 3.08. The average Bonchev–Trinajstić information content (AvgIpc) is 2.46. The number of hydrogen-bond donors (Lipinski definition) is 1. The second-order valence-corrected chi connectivity index (χ2v) is 4.85. The second kappa shape index (κ2) is 5.69. The summed E-state index contributed by atoms with van der Waals surface area (Å²) in [6.07, 6.45) is 5.21. The van der Waals surface area contributed by atoms with E-state index in [9.17, 15) is 4.79 Å². The van der Waals surface area contributed by atoms with Gasteiger partial charge in [-0.25, -0.2) is 0 Å². The molecule has 5 heteroatoms. The highest BCUT2D eigenvalue weighted by molar-refractivity contribution is 5.81. The van der Waals surface area contributed by atoms with E-state index in [0.29, 0.717) is 12.5 Å². The highest BCUT2D eigenvalue weighted by Crippen LogP contribution is 2.25. The highest BCUT2D eigenvalue weighted by Gasteiger charge is 2.31. The maximum atomic E-state index is 12.0. The summed E-state index contributed by atoms with van der Waals surface area (Å²) in [4.78, 5) is 22.2. The molecule has 1 aliphatic heterocycles. The lowest BCUT2D eigenvalue weighted by Crippen LogP contribution is -2.50. The molecule has 1 fully saturated rings. The summed E-state index contributed by atoms with van der Waals surface area (Å²) >= 11 is 0. The van der Waals surface area contributed by atoms with Gasteiger partial charge in [-0.2, -0.15) is 0 Å². The van der Waals surface area contributed by atoms with Gasteiger partial charge in [-0.1, -0.05) is 6.07 Å². The van der Waals surface area contributed by atoms with Crippen LogP contribution >= 0.6 is 0 Å². The SMILES string of the molecule is O=C(CNc1cccnc1)N1CC(c2ccccn2)C1. The third kappa shape index (κ3) is 2.77. The molecule has 1 saturated heterocycles. The molecule has 1 aliphatic rings. The van der Waals surface area contributed by atoms with E-state index in [2.05, 4.69) is 15.3 Å². The number of hydrogen-bond acceptors (Lipinski definition) is 4. The van der Waals surface area contributed by atoms with Crippen molar-refractivity contribution in [3.8, 4) is 0 Å². The van der Waals surface area contributed by atoms with Crippen LogP contribution in [0.3, 0.4) is 0 Å². The van der Waals surface area contributed by atoms with E-state index in [1.165, 1.54) is 0 Å². The quantitative estimate of drug-likeness (QED) is 0.913. The lowest BCUT2D eigenvalue weighted by molar-refractivity contribution is -0.133. The molecular weight excluding hydrogens is 252 g/mol. The zero-order chi connectivity index (χ0) is 13.8. The van der Waals surface area contributed by atoms with Crippen molar-refractivity contribution in [1.29, 1.82) is 0 Å². The van der Waals surface area contributed by atoms with Crippen LogP contribution in [0.5, 0.6) is 0 Å². The van der Waals surface area contributed by atoms with Crippen LogP contribution in [0, 0.1) is 0 Å². The maximum absolute atomic E-state index is 12.0. The Balaban J connectivity index is 1.47. The Labute approximate surface area is 117 Å². The number of carbonyl (C=O) groups is 1. The van der Waals surface area contributed by atoms with Gasteiger partial charge in [0.25, 0.3) is 0 Å². The molecule has 1 N–H and O–H groups in total. The van der Waals surface area contributed by atoms with Crippen LogP contribution in [0.1, 0.15) is 11.6 Å². The lowest BCUT2D eigenvalue weighted by Gasteiger charge is -2.39. The van der Waals surface area contributed by atoms with Gasteiger partial charge in [0.05, 0.1) is 12.2 Å². The van der Waals surface area contributed by atoms with E-state index in [4.69, 9.17) is 0 Å². The minimum atomic E-state index is 0.112. The summed E-state index contributed by atoms with van der Waals surface area (Å²) in [7, 11) is 0. The molecular formula is C15H16N4O. The summed E-state index contributed by atoms with van der Waals surface area (Å²) in [5.74, 6) is 0.486. The first-order valence-electron chi connectivity index (χ1n) is 6.65. The molecule has 0 saturated carbocycles.